The van der Waals surface area contributed by atoms with E-state index in [-0.39, 0.29) is 0 Å². The van der Waals surface area contributed by atoms with Crippen LogP contribution >= 0.6 is 0 Å². The van der Waals surface area contributed by atoms with Crippen LogP contribution in [0.2, 0.25) is 0 Å². The molecule has 1 saturated heterocycles. The Morgan fingerprint density at radius 2 is 1.72 bits per heavy atom. The van der Waals surface area contributed by atoms with E-state index in [4.69, 9.17) is 5.41 Å². The van der Waals surface area contributed by atoms with Crippen molar-refractivity contribution in [2.45, 2.75) is 12.8 Å². The van der Waals surface area contributed by atoms with Crippen LogP contribution in [0.4, 0.5) is 0 Å². The maximum Gasteiger partial charge on any atom is 0.128 e. The zero-order valence-electron chi connectivity index (χ0n) is 10.8. The lowest BCUT2D eigenvalue weighted by Gasteiger charge is -2.36. The maximum atomic E-state index is 8.25. The van der Waals surface area contributed by atoms with Crippen molar-refractivity contribution in [3.63, 3.8) is 0 Å². The highest BCUT2D eigenvalue weighted by molar-refractivity contribution is 5.96. The summed E-state index contributed by atoms with van der Waals surface area (Å²) in [6.07, 6.45) is 2.86. The molecule has 2 fully saturated rings. The Morgan fingerprint density at radius 3 is 2.33 bits per heavy atom. The van der Waals surface area contributed by atoms with Gasteiger partial charge in [-0.05, 0) is 18.8 Å². The second-order valence-electron chi connectivity index (χ2n) is 5.45. The van der Waals surface area contributed by atoms with E-state index in [0.29, 0.717) is 5.84 Å². The van der Waals surface area contributed by atoms with Gasteiger partial charge in [0.15, 0.2) is 0 Å². The Kier molecular flexibility index (Phi) is 3.33. The van der Waals surface area contributed by atoms with Gasteiger partial charge in [-0.15, -0.1) is 0 Å². The summed E-state index contributed by atoms with van der Waals surface area (Å²) in [5, 5.41) is 8.25. The van der Waals surface area contributed by atoms with E-state index in [2.05, 4.69) is 9.80 Å². The van der Waals surface area contributed by atoms with Crippen molar-refractivity contribution >= 4 is 5.84 Å². The summed E-state index contributed by atoms with van der Waals surface area (Å²) < 4.78 is 0. The molecule has 1 N–H and O–H groups in total. The van der Waals surface area contributed by atoms with Crippen molar-refractivity contribution in [2.24, 2.45) is 5.92 Å². The van der Waals surface area contributed by atoms with E-state index < -0.39 is 0 Å². The van der Waals surface area contributed by atoms with Gasteiger partial charge in [-0.25, -0.2) is 0 Å². The molecule has 1 saturated carbocycles. The van der Waals surface area contributed by atoms with E-state index in [9.17, 15) is 0 Å². The number of nitrogens with zero attached hydrogens (tertiary/aromatic N) is 2. The molecule has 1 heterocycles. The van der Waals surface area contributed by atoms with E-state index in [0.717, 1.165) is 37.7 Å². The van der Waals surface area contributed by atoms with Gasteiger partial charge in [-0.2, -0.15) is 0 Å². The molecule has 0 spiro atoms. The number of benzene rings is 1. The quantitative estimate of drug-likeness (QED) is 0.650. The molecule has 0 radical (unpaired) electrons. The third kappa shape index (κ3) is 2.72. The number of hydrogen-bond acceptors (Lipinski definition) is 2. The lowest BCUT2D eigenvalue weighted by molar-refractivity contribution is 0.176. The third-order valence-corrected chi connectivity index (χ3v) is 3.95. The van der Waals surface area contributed by atoms with Crippen LogP contribution in [0, 0.1) is 11.3 Å². The molecule has 1 aliphatic carbocycles. The monoisotopic (exact) mass is 243 g/mol. The fourth-order valence-corrected chi connectivity index (χ4v) is 2.60. The van der Waals surface area contributed by atoms with Gasteiger partial charge < -0.3 is 4.90 Å². The fraction of sp³-hybridized carbons (Fsp3) is 0.533. The van der Waals surface area contributed by atoms with Crippen LogP contribution in [0.25, 0.3) is 0 Å². The number of nitrogens with one attached hydrogen (secondary N) is 1. The second-order valence-corrected chi connectivity index (χ2v) is 5.45. The fourth-order valence-electron chi connectivity index (χ4n) is 2.60. The first-order valence-corrected chi connectivity index (χ1v) is 6.94. The predicted molar refractivity (Wildman–Crippen MR) is 74.0 cm³/mol. The lowest BCUT2D eigenvalue weighted by atomic mass is 10.1. The average molecular weight is 243 g/mol. The zero-order chi connectivity index (χ0) is 12.4. The lowest BCUT2D eigenvalue weighted by Crippen LogP contribution is -2.49. The van der Waals surface area contributed by atoms with Gasteiger partial charge >= 0.3 is 0 Å². The molecule has 0 amide bonds. The largest absolute Gasteiger partial charge is 0.354 e. The summed E-state index contributed by atoms with van der Waals surface area (Å²) in [5.74, 6) is 1.66. The summed E-state index contributed by atoms with van der Waals surface area (Å²) in [5.41, 5.74) is 1.04. The molecule has 18 heavy (non-hydrogen) atoms. The molecular weight excluding hydrogens is 222 g/mol. The zero-order valence-corrected chi connectivity index (χ0v) is 10.8. The summed E-state index contributed by atoms with van der Waals surface area (Å²) >= 11 is 0. The highest BCUT2D eigenvalue weighted by Gasteiger charge is 2.26. The Balaban J connectivity index is 1.54. The van der Waals surface area contributed by atoms with Crippen molar-refractivity contribution < 1.29 is 0 Å². The Labute approximate surface area is 109 Å². The minimum atomic E-state index is 0.682. The highest BCUT2D eigenvalue weighted by Crippen LogP contribution is 2.29. The topological polar surface area (TPSA) is 30.3 Å². The van der Waals surface area contributed by atoms with E-state index >= 15 is 0 Å². The van der Waals surface area contributed by atoms with Gasteiger partial charge in [-0.1, -0.05) is 30.3 Å². The van der Waals surface area contributed by atoms with Crippen LogP contribution < -0.4 is 0 Å². The van der Waals surface area contributed by atoms with Gasteiger partial charge in [-0.3, -0.25) is 10.3 Å². The normalized spacial score (nSPS) is 21.0. The third-order valence-electron chi connectivity index (χ3n) is 3.95. The molecule has 0 atom stereocenters. The van der Waals surface area contributed by atoms with Gasteiger partial charge in [0.1, 0.15) is 5.84 Å². The molecule has 96 valence electrons. The molecule has 3 nitrogen and oxygen atoms in total. The summed E-state index contributed by atoms with van der Waals surface area (Å²) in [6, 6.07) is 10.1. The Morgan fingerprint density at radius 1 is 1.06 bits per heavy atom. The van der Waals surface area contributed by atoms with Crippen molar-refractivity contribution in [1.82, 2.24) is 9.80 Å². The Hall–Kier alpha value is -1.35. The van der Waals surface area contributed by atoms with Crippen LogP contribution in [0.3, 0.4) is 0 Å². The first-order chi connectivity index (χ1) is 8.83. The van der Waals surface area contributed by atoms with Crippen molar-refractivity contribution in [1.29, 1.82) is 5.41 Å². The minimum absolute atomic E-state index is 0.682. The standard InChI is InChI=1S/C15H21N3/c16-15(14-4-2-1-3-5-14)18-10-8-17(9-11-18)12-13-6-7-13/h1-5,13,16H,6-12H2. The number of piperazine rings is 1. The van der Waals surface area contributed by atoms with Crippen molar-refractivity contribution in [2.75, 3.05) is 32.7 Å². The molecular formula is C15H21N3. The summed E-state index contributed by atoms with van der Waals surface area (Å²) in [4.78, 5) is 4.77. The highest BCUT2D eigenvalue weighted by atomic mass is 15.3. The van der Waals surface area contributed by atoms with Gasteiger partial charge in [0.25, 0.3) is 0 Å². The molecule has 3 rings (SSSR count). The molecule has 0 bridgehead atoms. The number of hydrogen-bond donors (Lipinski definition) is 1. The van der Waals surface area contributed by atoms with Crippen molar-refractivity contribution in [3.05, 3.63) is 35.9 Å². The molecule has 1 aromatic carbocycles. The van der Waals surface area contributed by atoms with Crippen LogP contribution in [0.1, 0.15) is 18.4 Å². The van der Waals surface area contributed by atoms with Crippen LogP contribution in [0.5, 0.6) is 0 Å². The van der Waals surface area contributed by atoms with Crippen LogP contribution in [0.15, 0.2) is 30.3 Å². The minimum Gasteiger partial charge on any atom is -0.354 e. The Bertz CT molecular complexity index is 403. The van der Waals surface area contributed by atoms with Gasteiger partial charge in [0.05, 0.1) is 0 Å². The van der Waals surface area contributed by atoms with Crippen LogP contribution in [-0.4, -0.2) is 48.4 Å². The van der Waals surface area contributed by atoms with Gasteiger partial charge in [0, 0.05) is 38.3 Å². The maximum absolute atomic E-state index is 8.25. The van der Waals surface area contributed by atoms with E-state index in [1.54, 1.807) is 0 Å². The smallest absolute Gasteiger partial charge is 0.128 e. The molecule has 0 unspecified atom stereocenters. The van der Waals surface area contributed by atoms with E-state index in [1.165, 1.54) is 19.4 Å². The van der Waals surface area contributed by atoms with Crippen LogP contribution in [-0.2, 0) is 0 Å². The summed E-state index contributed by atoms with van der Waals surface area (Å²) in [7, 11) is 0. The molecule has 3 heteroatoms. The molecule has 1 aromatic rings. The molecule has 0 aromatic heterocycles. The first kappa shape index (κ1) is 11.7. The van der Waals surface area contributed by atoms with E-state index in [1.807, 2.05) is 30.3 Å². The van der Waals surface area contributed by atoms with Gasteiger partial charge in [0.2, 0.25) is 0 Å². The molecule has 1 aliphatic heterocycles. The SMILES string of the molecule is N=C(c1ccccc1)N1CCN(CC2CC2)CC1. The molecule has 2 aliphatic rings. The summed E-state index contributed by atoms with van der Waals surface area (Å²) in [6.45, 7) is 5.52. The number of rotatable bonds is 3. The number of amidine groups is 1. The average Bonchev–Trinajstić information content (AvgIpc) is 3.24. The van der Waals surface area contributed by atoms with Crippen molar-refractivity contribution in [3.8, 4) is 0 Å². The first-order valence-electron chi connectivity index (χ1n) is 6.94. The predicted octanol–water partition coefficient (Wildman–Crippen LogP) is 2.04. The second kappa shape index (κ2) is 5.11.